The van der Waals surface area contributed by atoms with Gasteiger partial charge < -0.3 is 10.4 Å². The third-order valence-electron chi connectivity index (χ3n) is 1.96. The smallest absolute Gasteiger partial charge is 0.0584 e. The average Bonchev–Trinajstić information content (AvgIpc) is 2.01. The second-order valence-electron chi connectivity index (χ2n) is 4.17. The normalized spacial score (nSPS) is 13.3. The van der Waals surface area contributed by atoms with Gasteiger partial charge in [0.05, 0.1) is 6.61 Å². The summed E-state index contributed by atoms with van der Waals surface area (Å²) < 4.78 is 0. The lowest BCUT2D eigenvalue weighted by Gasteiger charge is -2.18. The molecule has 0 aliphatic carbocycles. The second kappa shape index (κ2) is 7.10. The van der Waals surface area contributed by atoms with E-state index in [0.717, 1.165) is 19.4 Å². The van der Waals surface area contributed by atoms with Crippen molar-refractivity contribution in [1.82, 2.24) is 5.32 Å². The van der Waals surface area contributed by atoms with E-state index >= 15 is 0 Å². The Hall–Kier alpha value is -0.340. The molecule has 0 rings (SSSR count). The van der Waals surface area contributed by atoms with Crippen LogP contribution in [0.3, 0.4) is 0 Å². The first-order chi connectivity index (χ1) is 6.06. The number of hydrogen-bond acceptors (Lipinski definition) is 2. The summed E-state index contributed by atoms with van der Waals surface area (Å²) in [6, 6.07) is 0.249. The van der Waals surface area contributed by atoms with Gasteiger partial charge in [-0.25, -0.2) is 0 Å². The van der Waals surface area contributed by atoms with Gasteiger partial charge in [0.15, 0.2) is 0 Å². The van der Waals surface area contributed by atoms with Crippen LogP contribution >= 0.6 is 0 Å². The highest BCUT2D eigenvalue weighted by molar-refractivity contribution is 4.88. The van der Waals surface area contributed by atoms with Crippen LogP contribution in [0.2, 0.25) is 0 Å². The molecule has 0 aromatic heterocycles. The lowest BCUT2D eigenvalue weighted by atomic mass is 10.0. The molecule has 0 spiro atoms. The van der Waals surface area contributed by atoms with Gasteiger partial charge in [-0.1, -0.05) is 19.4 Å². The Kier molecular flexibility index (Phi) is 6.92. The third-order valence-corrected chi connectivity index (χ3v) is 1.96. The van der Waals surface area contributed by atoms with Gasteiger partial charge >= 0.3 is 0 Å². The monoisotopic (exact) mass is 185 g/mol. The highest BCUT2D eigenvalue weighted by Crippen LogP contribution is 2.04. The molecule has 13 heavy (non-hydrogen) atoms. The number of rotatable bonds is 7. The molecule has 78 valence electrons. The van der Waals surface area contributed by atoms with Crippen molar-refractivity contribution in [3.8, 4) is 0 Å². The molecule has 0 radical (unpaired) electrons. The van der Waals surface area contributed by atoms with Gasteiger partial charge in [0, 0.05) is 6.04 Å². The van der Waals surface area contributed by atoms with Gasteiger partial charge in [0.2, 0.25) is 0 Å². The molecule has 2 heteroatoms. The number of aliphatic hydroxyl groups is 1. The molecule has 2 N–H and O–H groups in total. The van der Waals surface area contributed by atoms with Crippen molar-refractivity contribution in [1.29, 1.82) is 0 Å². The van der Waals surface area contributed by atoms with Crippen molar-refractivity contribution >= 4 is 0 Å². The number of nitrogens with one attached hydrogen (secondary N) is 1. The minimum Gasteiger partial charge on any atom is -0.395 e. The van der Waals surface area contributed by atoms with Gasteiger partial charge in [-0.05, 0) is 32.2 Å². The lowest BCUT2D eigenvalue weighted by molar-refractivity contribution is 0.225. The highest BCUT2D eigenvalue weighted by Gasteiger charge is 2.07. The molecule has 0 aromatic carbocycles. The van der Waals surface area contributed by atoms with Crippen molar-refractivity contribution in [2.45, 2.75) is 39.7 Å². The molecule has 0 aliphatic rings. The average molecular weight is 185 g/mol. The third kappa shape index (κ3) is 8.00. The first-order valence-corrected chi connectivity index (χ1v) is 5.05. The summed E-state index contributed by atoms with van der Waals surface area (Å²) in [5.74, 6) is 0.634. The molecule has 2 nitrogen and oxygen atoms in total. The lowest BCUT2D eigenvalue weighted by Crippen LogP contribution is -2.34. The molecule has 0 amide bonds. The first kappa shape index (κ1) is 12.7. The van der Waals surface area contributed by atoms with E-state index in [9.17, 15) is 0 Å². The Morgan fingerprint density at radius 2 is 2.08 bits per heavy atom. The molecular weight excluding hydrogens is 162 g/mol. The summed E-state index contributed by atoms with van der Waals surface area (Å²) in [5, 5.41) is 12.4. The van der Waals surface area contributed by atoms with Crippen LogP contribution in [0.5, 0.6) is 0 Å². The molecule has 0 heterocycles. The predicted molar refractivity (Wildman–Crippen MR) is 57.8 cm³/mol. The summed E-state index contributed by atoms with van der Waals surface area (Å²) in [6.45, 7) is 11.4. The van der Waals surface area contributed by atoms with Gasteiger partial charge in [0.1, 0.15) is 0 Å². The van der Waals surface area contributed by atoms with Crippen LogP contribution in [0.1, 0.15) is 33.6 Å². The topological polar surface area (TPSA) is 32.3 Å². The van der Waals surface area contributed by atoms with E-state index in [1.165, 1.54) is 5.57 Å². The minimum absolute atomic E-state index is 0.231. The molecule has 1 atom stereocenters. The highest BCUT2D eigenvalue weighted by atomic mass is 16.3. The summed E-state index contributed by atoms with van der Waals surface area (Å²) in [6.07, 6.45) is 2.03. The van der Waals surface area contributed by atoms with Crippen molar-refractivity contribution in [2.24, 2.45) is 5.92 Å². The zero-order chi connectivity index (χ0) is 10.3. The zero-order valence-corrected chi connectivity index (χ0v) is 9.14. The predicted octanol–water partition coefficient (Wildman–Crippen LogP) is 1.95. The van der Waals surface area contributed by atoms with Crippen LogP contribution in [-0.4, -0.2) is 24.3 Å². The number of hydrogen-bond donors (Lipinski definition) is 2. The Morgan fingerprint density at radius 3 is 2.46 bits per heavy atom. The van der Waals surface area contributed by atoms with E-state index in [1.807, 2.05) is 6.92 Å². The van der Waals surface area contributed by atoms with Crippen molar-refractivity contribution in [3.63, 3.8) is 0 Å². The van der Waals surface area contributed by atoms with E-state index in [1.54, 1.807) is 0 Å². The summed E-state index contributed by atoms with van der Waals surface area (Å²) in [4.78, 5) is 0. The van der Waals surface area contributed by atoms with Gasteiger partial charge in [-0.3, -0.25) is 0 Å². The van der Waals surface area contributed by atoms with Crippen molar-refractivity contribution in [2.75, 3.05) is 13.2 Å². The Balaban J connectivity index is 3.53. The van der Waals surface area contributed by atoms with Crippen LogP contribution in [0.25, 0.3) is 0 Å². The SMILES string of the molecule is C=C(C)CCNC(CO)CC(C)C. The van der Waals surface area contributed by atoms with E-state index in [4.69, 9.17) is 5.11 Å². The maximum atomic E-state index is 9.06. The second-order valence-corrected chi connectivity index (χ2v) is 4.17. The van der Waals surface area contributed by atoms with Gasteiger partial charge in [-0.2, -0.15) is 0 Å². The number of aliphatic hydroxyl groups excluding tert-OH is 1. The van der Waals surface area contributed by atoms with E-state index in [2.05, 4.69) is 25.7 Å². The van der Waals surface area contributed by atoms with Crippen LogP contribution in [-0.2, 0) is 0 Å². The standard InChI is InChI=1S/C11H23NO/c1-9(2)5-6-12-11(8-13)7-10(3)4/h10-13H,1,5-8H2,2-4H3. The Bertz CT molecular complexity index is 143. The molecule has 0 fully saturated rings. The molecule has 1 unspecified atom stereocenters. The fourth-order valence-corrected chi connectivity index (χ4v) is 1.28. The zero-order valence-electron chi connectivity index (χ0n) is 9.14. The van der Waals surface area contributed by atoms with E-state index < -0.39 is 0 Å². The van der Waals surface area contributed by atoms with E-state index in [0.29, 0.717) is 5.92 Å². The van der Waals surface area contributed by atoms with Crippen LogP contribution in [0.15, 0.2) is 12.2 Å². The fourth-order valence-electron chi connectivity index (χ4n) is 1.28. The molecule has 0 aliphatic heterocycles. The maximum absolute atomic E-state index is 9.06. The van der Waals surface area contributed by atoms with Crippen LogP contribution in [0.4, 0.5) is 0 Å². The Labute approximate surface area is 82.0 Å². The largest absolute Gasteiger partial charge is 0.395 e. The molecule has 0 bridgehead atoms. The fraction of sp³-hybridized carbons (Fsp3) is 0.818. The molecule has 0 aromatic rings. The molecular formula is C11H23NO. The van der Waals surface area contributed by atoms with Gasteiger partial charge in [-0.15, -0.1) is 6.58 Å². The van der Waals surface area contributed by atoms with Crippen LogP contribution in [0, 0.1) is 5.92 Å². The van der Waals surface area contributed by atoms with Crippen molar-refractivity contribution in [3.05, 3.63) is 12.2 Å². The summed E-state index contributed by atoms with van der Waals surface area (Å²) >= 11 is 0. The minimum atomic E-state index is 0.231. The first-order valence-electron chi connectivity index (χ1n) is 5.05. The van der Waals surface area contributed by atoms with Gasteiger partial charge in [0.25, 0.3) is 0 Å². The molecule has 0 saturated heterocycles. The summed E-state index contributed by atoms with van der Waals surface area (Å²) in [5.41, 5.74) is 1.19. The maximum Gasteiger partial charge on any atom is 0.0584 e. The quantitative estimate of drug-likeness (QED) is 0.594. The summed E-state index contributed by atoms with van der Waals surface area (Å²) in [7, 11) is 0. The van der Waals surface area contributed by atoms with Crippen LogP contribution < -0.4 is 5.32 Å². The Morgan fingerprint density at radius 1 is 1.46 bits per heavy atom. The van der Waals surface area contributed by atoms with E-state index in [-0.39, 0.29) is 12.6 Å². The van der Waals surface area contributed by atoms with Crippen molar-refractivity contribution < 1.29 is 5.11 Å². The molecule has 0 saturated carbocycles.